The summed E-state index contributed by atoms with van der Waals surface area (Å²) in [5.41, 5.74) is 1.91. The molecule has 136 valence electrons. The number of rotatable bonds is 7. The molecular weight excluding hydrogens is 445 g/mol. The predicted molar refractivity (Wildman–Crippen MR) is 106 cm³/mol. The molecule has 0 spiro atoms. The first-order valence-electron chi connectivity index (χ1n) is 8.33. The van der Waals surface area contributed by atoms with E-state index in [4.69, 9.17) is 9.15 Å². The first-order valence-corrected chi connectivity index (χ1v) is 9.41. The Morgan fingerprint density at radius 2 is 2.04 bits per heavy atom. The maximum Gasteiger partial charge on any atom is 0.287 e. The fourth-order valence-electron chi connectivity index (χ4n) is 2.42. The van der Waals surface area contributed by atoms with Gasteiger partial charge in [0, 0.05) is 28.4 Å². The summed E-state index contributed by atoms with van der Waals surface area (Å²) in [6.07, 6.45) is 1.94. The Bertz CT molecular complexity index is 884. The molecular formula is C19H20IN3O3. The minimum absolute atomic E-state index is 0.255. The molecule has 0 bridgehead atoms. The topological polar surface area (TPSA) is 69.3 Å². The van der Waals surface area contributed by atoms with Crippen LogP contribution in [0.1, 0.15) is 34.5 Å². The molecule has 7 heteroatoms. The van der Waals surface area contributed by atoms with E-state index in [0.29, 0.717) is 12.3 Å². The maximum atomic E-state index is 12.3. The molecule has 0 aliphatic heterocycles. The third-order valence-corrected chi connectivity index (χ3v) is 4.61. The molecule has 0 unspecified atom stereocenters. The monoisotopic (exact) mass is 465 g/mol. The van der Waals surface area contributed by atoms with Crippen LogP contribution in [0.4, 0.5) is 0 Å². The van der Waals surface area contributed by atoms with Crippen LogP contribution >= 0.6 is 22.6 Å². The third kappa shape index (κ3) is 4.66. The Balaban J connectivity index is 1.53. The number of ether oxygens (including phenoxy) is 1. The fourth-order valence-corrected chi connectivity index (χ4v) is 2.78. The van der Waals surface area contributed by atoms with Crippen LogP contribution in [0, 0.1) is 10.5 Å². The number of aryl methyl sites for hydroxylation is 2. The van der Waals surface area contributed by atoms with Crippen molar-refractivity contribution in [2.24, 2.45) is 0 Å². The normalized spacial score (nSPS) is 10.7. The summed E-state index contributed by atoms with van der Waals surface area (Å²) >= 11 is 2.24. The molecule has 0 aliphatic rings. The highest BCUT2D eigenvalue weighted by Crippen LogP contribution is 2.16. The van der Waals surface area contributed by atoms with Crippen molar-refractivity contribution >= 4 is 28.5 Å². The second-order valence-electron chi connectivity index (χ2n) is 5.79. The highest BCUT2D eigenvalue weighted by atomic mass is 127. The number of furan rings is 1. The third-order valence-electron chi connectivity index (χ3n) is 3.89. The zero-order valence-corrected chi connectivity index (χ0v) is 16.8. The summed E-state index contributed by atoms with van der Waals surface area (Å²) in [5, 5.41) is 7.23. The molecule has 0 saturated carbocycles. The van der Waals surface area contributed by atoms with Crippen LogP contribution in [0.2, 0.25) is 0 Å². The molecule has 0 aliphatic carbocycles. The standard InChI is InChI=1S/C19H20IN3O3/c1-3-23-11-14(13(2)22-23)10-21-19(24)18-9-8-17(26-18)12-25-16-6-4-15(20)5-7-16/h4-9,11H,3,10,12H2,1-2H3,(H,21,24). The number of carbonyl (C=O) groups excluding carboxylic acids is 1. The molecule has 0 radical (unpaired) electrons. The molecule has 0 atom stereocenters. The Hall–Kier alpha value is -2.29. The molecule has 3 rings (SSSR count). The molecule has 6 nitrogen and oxygen atoms in total. The smallest absolute Gasteiger partial charge is 0.287 e. The van der Waals surface area contributed by atoms with Crippen LogP contribution < -0.4 is 10.1 Å². The second-order valence-corrected chi connectivity index (χ2v) is 7.03. The van der Waals surface area contributed by atoms with Crippen molar-refractivity contribution in [1.29, 1.82) is 0 Å². The van der Waals surface area contributed by atoms with E-state index in [1.165, 1.54) is 0 Å². The van der Waals surface area contributed by atoms with Crippen LogP contribution in [-0.4, -0.2) is 15.7 Å². The lowest BCUT2D eigenvalue weighted by Gasteiger charge is -2.04. The molecule has 0 saturated heterocycles. The van der Waals surface area contributed by atoms with Gasteiger partial charge in [-0.15, -0.1) is 0 Å². The van der Waals surface area contributed by atoms with Crippen molar-refractivity contribution in [3.63, 3.8) is 0 Å². The van der Waals surface area contributed by atoms with Crippen molar-refractivity contribution in [2.75, 3.05) is 0 Å². The summed E-state index contributed by atoms with van der Waals surface area (Å²) in [6.45, 7) is 5.45. The van der Waals surface area contributed by atoms with Crippen molar-refractivity contribution < 1.29 is 13.9 Å². The number of aromatic nitrogens is 2. The number of hydrogen-bond donors (Lipinski definition) is 1. The fraction of sp³-hybridized carbons (Fsp3) is 0.263. The quantitative estimate of drug-likeness (QED) is 0.538. The van der Waals surface area contributed by atoms with Crippen LogP contribution in [0.5, 0.6) is 5.75 Å². The average Bonchev–Trinajstić information content (AvgIpc) is 3.26. The SMILES string of the molecule is CCn1cc(CNC(=O)c2ccc(COc3ccc(I)cc3)o2)c(C)n1. The van der Waals surface area contributed by atoms with Crippen LogP contribution in [0.3, 0.4) is 0 Å². The van der Waals surface area contributed by atoms with Gasteiger partial charge in [-0.05, 0) is 72.8 Å². The molecule has 0 fully saturated rings. The molecule has 2 aromatic heterocycles. The first-order chi connectivity index (χ1) is 12.5. The molecule has 1 amide bonds. The van der Waals surface area contributed by atoms with Gasteiger partial charge in [-0.3, -0.25) is 9.48 Å². The summed E-state index contributed by atoms with van der Waals surface area (Å²) in [5.74, 6) is 1.38. The van der Waals surface area contributed by atoms with Gasteiger partial charge in [0.2, 0.25) is 0 Å². The van der Waals surface area contributed by atoms with Crippen LogP contribution in [0.15, 0.2) is 47.0 Å². The zero-order valence-electron chi connectivity index (χ0n) is 14.7. The van der Waals surface area contributed by atoms with E-state index in [-0.39, 0.29) is 18.3 Å². The number of nitrogens with zero attached hydrogens (tertiary/aromatic N) is 2. The van der Waals surface area contributed by atoms with E-state index in [1.54, 1.807) is 12.1 Å². The average molecular weight is 465 g/mol. The summed E-state index contributed by atoms with van der Waals surface area (Å²) in [6, 6.07) is 11.2. The Kier molecular flexibility index (Phi) is 5.97. The highest BCUT2D eigenvalue weighted by molar-refractivity contribution is 14.1. The minimum atomic E-state index is -0.255. The number of nitrogens with one attached hydrogen (secondary N) is 1. The molecule has 1 N–H and O–H groups in total. The van der Waals surface area contributed by atoms with Gasteiger partial charge in [-0.2, -0.15) is 5.10 Å². The number of halogens is 1. The summed E-state index contributed by atoms with van der Waals surface area (Å²) in [4.78, 5) is 12.3. The lowest BCUT2D eigenvalue weighted by Crippen LogP contribution is -2.22. The number of carbonyl (C=O) groups is 1. The van der Waals surface area contributed by atoms with Gasteiger partial charge in [0.05, 0.1) is 5.69 Å². The minimum Gasteiger partial charge on any atom is -0.486 e. The second kappa shape index (κ2) is 8.39. The van der Waals surface area contributed by atoms with Crippen molar-refractivity contribution in [3.8, 4) is 5.75 Å². The largest absolute Gasteiger partial charge is 0.486 e. The Morgan fingerprint density at radius 3 is 2.73 bits per heavy atom. The number of amides is 1. The zero-order chi connectivity index (χ0) is 18.5. The molecule has 1 aromatic carbocycles. The van der Waals surface area contributed by atoms with Crippen molar-refractivity contribution in [1.82, 2.24) is 15.1 Å². The predicted octanol–water partition coefficient (Wildman–Crippen LogP) is 3.92. The van der Waals surface area contributed by atoms with Gasteiger partial charge < -0.3 is 14.5 Å². The van der Waals surface area contributed by atoms with Gasteiger partial charge in [0.1, 0.15) is 18.1 Å². The number of benzene rings is 1. The van der Waals surface area contributed by atoms with Crippen molar-refractivity contribution in [3.05, 3.63) is 68.9 Å². The van der Waals surface area contributed by atoms with E-state index in [0.717, 1.165) is 27.1 Å². The van der Waals surface area contributed by atoms with E-state index in [2.05, 4.69) is 33.0 Å². The highest BCUT2D eigenvalue weighted by Gasteiger charge is 2.13. The molecule has 3 aromatic rings. The first kappa shape index (κ1) is 18.5. The van der Waals surface area contributed by atoms with Crippen LogP contribution in [-0.2, 0) is 19.7 Å². The van der Waals surface area contributed by atoms with Gasteiger partial charge in [0.25, 0.3) is 5.91 Å². The van der Waals surface area contributed by atoms with Crippen LogP contribution in [0.25, 0.3) is 0 Å². The van der Waals surface area contributed by atoms with Crippen molar-refractivity contribution in [2.45, 2.75) is 33.5 Å². The summed E-state index contributed by atoms with van der Waals surface area (Å²) in [7, 11) is 0. The van der Waals surface area contributed by atoms with Gasteiger partial charge in [-0.25, -0.2) is 0 Å². The van der Waals surface area contributed by atoms with E-state index in [9.17, 15) is 4.79 Å². The lowest BCUT2D eigenvalue weighted by molar-refractivity contribution is 0.0919. The van der Waals surface area contributed by atoms with E-state index in [1.807, 2.05) is 49.0 Å². The maximum absolute atomic E-state index is 12.3. The molecule has 26 heavy (non-hydrogen) atoms. The summed E-state index contributed by atoms with van der Waals surface area (Å²) < 4.78 is 14.2. The Labute approximate surface area is 165 Å². The Morgan fingerprint density at radius 1 is 1.27 bits per heavy atom. The number of hydrogen-bond acceptors (Lipinski definition) is 4. The van der Waals surface area contributed by atoms with E-state index >= 15 is 0 Å². The van der Waals surface area contributed by atoms with Gasteiger partial charge in [0.15, 0.2) is 5.76 Å². The van der Waals surface area contributed by atoms with E-state index < -0.39 is 0 Å². The molecule has 2 heterocycles. The van der Waals surface area contributed by atoms with Gasteiger partial charge in [-0.1, -0.05) is 0 Å². The van der Waals surface area contributed by atoms with Gasteiger partial charge >= 0.3 is 0 Å². The lowest BCUT2D eigenvalue weighted by atomic mass is 10.2.